The van der Waals surface area contributed by atoms with Gasteiger partial charge in [-0.2, -0.15) is 5.10 Å². The number of benzene rings is 1. The number of rotatable bonds is 3. The number of ether oxygens (including phenoxy) is 1. The highest BCUT2D eigenvalue weighted by atomic mass is 16.5. The minimum absolute atomic E-state index is 0.0131. The maximum Gasteiger partial charge on any atom is 0.251 e. The summed E-state index contributed by atoms with van der Waals surface area (Å²) in [4.78, 5) is 14.9. The van der Waals surface area contributed by atoms with Crippen molar-refractivity contribution in [2.75, 3.05) is 19.7 Å². The molecule has 2 aromatic rings. The van der Waals surface area contributed by atoms with Gasteiger partial charge >= 0.3 is 0 Å². The molecule has 2 fully saturated rings. The Morgan fingerprint density at radius 2 is 2.12 bits per heavy atom. The molecule has 0 aliphatic carbocycles. The van der Waals surface area contributed by atoms with Crippen LogP contribution in [0.5, 0.6) is 0 Å². The van der Waals surface area contributed by atoms with Crippen LogP contribution in [0, 0.1) is 0 Å². The molecule has 2 saturated heterocycles. The van der Waals surface area contributed by atoms with E-state index in [0.29, 0.717) is 11.6 Å². The molecule has 6 heteroatoms. The second-order valence-corrected chi connectivity index (χ2v) is 6.66. The van der Waals surface area contributed by atoms with Gasteiger partial charge in [0.1, 0.15) is 0 Å². The van der Waals surface area contributed by atoms with E-state index in [1.807, 2.05) is 36.5 Å². The van der Waals surface area contributed by atoms with Gasteiger partial charge in [-0.1, -0.05) is 0 Å². The molecule has 0 unspecified atom stereocenters. The van der Waals surface area contributed by atoms with Gasteiger partial charge in [-0.3, -0.25) is 9.69 Å². The van der Waals surface area contributed by atoms with Gasteiger partial charge in [0, 0.05) is 43.1 Å². The maximum absolute atomic E-state index is 12.5. The first-order chi connectivity index (χ1) is 11.7. The van der Waals surface area contributed by atoms with Gasteiger partial charge in [0.15, 0.2) is 0 Å². The summed E-state index contributed by atoms with van der Waals surface area (Å²) in [6, 6.07) is 10.0. The summed E-state index contributed by atoms with van der Waals surface area (Å²) < 4.78 is 7.49. The molecular formula is C18H22N4O2. The Morgan fingerprint density at radius 3 is 2.88 bits per heavy atom. The van der Waals surface area contributed by atoms with Crippen LogP contribution in [0.2, 0.25) is 0 Å². The van der Waals surface area contributed by atoms with Gasteiger partial charge in [0.05, 0.1) is 18.4 Å². The summed E-state index contributed by atoms with van der Waals surface area (Å²) in [5.41, 5.74) is 1.63. The van der Waals surface area contributed by atoms with E-state index in [0.717, 1.165) is 31.8 Å². The molecule has 1 aromatic carbocycles. The van der Waals surface area contributed by atoms with E-state index in [4.69, 9.17) is 4.74 Å². The Hall–Kier alpha value is -2.18. The lowest BCUT2D eigenvalue weighted by Gasteiger charge is -2.33. The van der Waals surface area contributed by atoms with Crippen molar-refractivity contribution >= 4 is 5.91 Å². The number of fused-ring (bicyclic) bond motifs is 1. The standard InChI is InChI=1S/C18H22N4O2/c1-13-10-21-11-15(9-17(21)12-24-13)20-18(23)14-3-5-16(6-4-14)22-8-2-7-19-22/h2-8,13,15,17H,9-12H2,1H3,(H,20,23)/t13-,15-,17-/m0/s1. The predicted octanol–water partition coefficient (Wildman–Crippen LogP) is 1.46. The summed E-state index contributed by atoms with van der Waals surface area (Å²) in [5, 5.41) is 7.35. The molecule has 0 saturated carbocycles. The quantitative estimate of drug-likeness (QED) is 0.928. The first kappa shape index (κ1) is 15.4. The summed E-state index contributed by atoms with van der Waals surface area (Å²) in [6.45, 7) is 4.74. The van der Waals surface area contributed by atoms with Gasteiger partial charge in [-0.05, 0) is 43.7 Å². The third-order valence-electron chi connectivity index (χ3n) is 4.83. The molecule has 0 spiro atoms. The topological polar surface area (TPSA) is 59.4 Å². The molecule has 24 heavy (non-hydrogen) atoms. The van der Waals surface area contributed by atoms with Crippen molar-refractivity contribution < 1.29 is 9.53 Å². The monoisotopic (exact) mass is 326 g/mol. The predicted molar refractivity (Wildman–Crippen MR) is 90.2 cm³/mol. The molecule has 3 heterocycles. The molecule has 3 atom stereocenters. The summed E-state index contributed by atoms with van der Waals surface area (Å²) in [6.07, 6.45) is 4.86. The van der Waals surface area contributed by atoms with E-state index in [9.17, 15) is 4.79 Å². The first-order valence-electron chi connectivity index (χ1n) is 8.45. The van der Waals surface area contributed by atoms with Crippen molar-refractivity contribution in [3.8, 4) is 5.69 Å². The molecule has 1 aromatic heterocycles. The fraction of sp³-hybridized carbons (Fsp3) is 0.444. The normalized spacial score (nSPS) is 27.0. The molecule has 0 radical (unpaired) electrons. The number of carbonyl (C=O) groups is 1. The largest absolute Gasteiger partial charge is 0.376 e. The molecular weight excluding hydrogens is 304 g/mol. The van der Waals surface area contributed by atoms with Crippen LogP contribution in [-0.4, -0.2) is 58.5 Å². The van der Waals surface area contributed by atoms with Crippen molar-refractivity contribution in [1.29, 1.82) is 0 Å². The third-order valence-corrected chi connectivity index (χ3v) is 4.83. The number of morpholine rings is 1. The fourth-order valence-corrected chi connectivity index (χ4v) is 3.60. The van der Waals surface area contributed by atoms with Crippen LogP contribution in [0.3, 0.4) is 0 Å². The van der Waals surface area contributed by atoms with Crippen molar-refractivity contribution in [3.05, 3.63) is 48.3 Å². The highest BCUT2D eigenvalue weighted by Gasteiger charge is 2.36. The highest BCUT2D eigenvalue weighted by Crippen LogP contribution is 2.23. The van der Waals surface area contributed by atoms with Crippen LogP contribution in [-0.2, 0) is 4.74 Å². The van der Waals surface area contributed by atoms with Gasteiger partial charge < -0.3 is 10.1 Å². The molecule has 1 N–H and O–H groups in total. The molecule has 6 nitrogen and oxygen atoms in total. The number of nitrogens with one attached hydrogen (secondary N) is 1. The second kappa shape index (κ2) is 6.37. The molecule has 2 aliphatic heterocycles. The second-order valence-electron chi connectivity index (χ2n) is 6.66. The van der Waals surface area contributed by atoms with Gasteiger partial charge in [0.2, 0.25) is 0 Å². The molecule has 126 valence electrons. The van der Waals surface area contributed by atoms with Crippen molar-refractivity contribution in [1.82, 2.24) is 20.0 Å². The third kappa shape index (κ3) is 3.07. The van der Waals surface area contributed by atoms with E-state index < -0.39 is 0 Å². The van der Waals surface area contributed by atoms with E-state index >= 15 is 0 Å². The average molecular weight is 326 g/mol. The Bertz CT molecular complexity index is 698. The Balaban J connectivity index is 1.38. The van der Waals surface area contributed by atoms with Crippen LogP contribution in [0.4, 0.5) is 0 Å². The number of amides is 1. The zero-order valence-electron chi connectivity index (χ0n) is 13.8. The SMILES string of the molecule is C[C@H]1CN2C[C@@H](NC(=O)c3ccc(-n4cccn4)cc3)C[C@H]2CO1. The van der Waals surface area contributed by atoms with Crippen molar-refractivity contribution in [3.63, 3.8) is 0 Å². The number of nitrogens with zero attached hydrogens (tertiary/aromatic N) is 3. The van der Waals surface area contributed by atoms with E-state index in [-0.39, 0.29) is 18.1 Å². The van der Waals surface area contributed by atoms with Crippen LogP contribution in [0.15, 0.2) is 42.7 Å². The van der Waals surface area contributed by atoms with E-state index in [2.05, 4.69) is 22.2 Å². The highest BCUT2D eigenvalue weighted by molar-refractivity contribution is 5.94. The molecule has 2 aliphatic rings. The van der Waals surface area contributed by atoms with Crippen LogP contribution in [0.1, 0.15) is 23.7 Å². The first-order valence-corrected chi connectivity index (χ1v) is 8.45. The average Bonchev–Trinajstić information content (AvgIpc) is 3.23. The zero-order valence-corrected chi connectivity index (χ0v) is 13.8. The number of hydrogen-bond donors (Lipinski definition) is 1. The van der Waals surface area contributed by atoms with Crippen molar-refractivity contribution in [2.24, 2.45) is 0 Å². The molecule has 4 rings (SSSR count). The molecule has 1 amide bonds. The number of aromatic nitrogens is 2. The van der Waals surface area contributed by atoms with Crippen LogP contribution < -0.4 is 5.32 Å². The van der Waals surface area contributed by atoms with E-state index in [1.165, 1.54) is 0 Å². The fourth-order valence-electron chi connectivity index (χ4n) is 3.60. The number of hydrogen-bond acceptors (Lipinski definition) is 4. The Kier molecular flexibility index (Phi) is 4.08. The van der Waals surface area contributed by atoms with Gasteiger partial charge in [-0.15, -0.1) is 0 Å². The Morgan fingerprint density at radius 1 is 1.29 bits per heavy atom. The molecule has 0 bridgehead atoms. The van der Waals surface area contributed by atoms with Crippen molar-refractivity contribution in [2.45, 2.75) is 31.5 Å². The minimum Gasteiger partial charge on any atom is -0.376 e. The van der Waals surface area contributed by atoms with Gasteiger partial charge in [0.25, 0.3) is 5.91 Å². The zero-order chi connectivity index (χ0) is 16.5. The lowest BCUT2D eigenvalue weighted by Crippen LogP contribution is -2.45. The van der Waals surface area contributed by atoms with Gasteiger partial charge in [-0.25, -0.2) is 4.68 Å². The van der Waals surface area contributed by atoms with Crippen LogP contribution in [0.25, 0.3) is 5.69 Å². The summed E-state index contributed by atoms with van der Waals surface area (Å²) >= 11 is 0. The van der Waals surface area contributed by atoms with Crippen LogP contribution >= 0.6 is 0 Å². The Labute approximate surface area is 141 Å². The maximum atomic E-state index is 12.5. The minimum atomic E-state index is -0.0131. The summed E-state index contributed by atoms with van der Waals surface area (Å²) in [5.74, 6) is -0.0131. The summed E-state index contributed by atoms with van der Waals surface area (Å²) in [7, 11) is 0. The smallest absolute Gasteiger partial charge is 0.251 e. The van der Waals surface area contributed by atoms with E-state index in [1.54, 1.807) is 10.9 Å². The lowest BCUT2D eigenvalue weighted by atomic mass is 10.1. The number of carbonyl (C=O) groups excluding carboxylic acids is 1. The lowest BCUT2D eigenvalue weighted by molar-refractivity contribution is -0.0390.